The van der Waals surface area contributed by atoms with Gasteiger partial charge >= 0.3 is 182 Å². The fourth-order valence-electron chi connectivity index (χ4n) is 2.02. The van der Waals surface area contributed by atoms with Crippen molar-refractivity contribution in [3.05, 3.63) is 73.8 Å². The molecule has 0 aliphatic rings. The number of benzene rings is 2. The quantitative estimate of drug-likeness (QED) is 0.211. The summed E-state index contributed by atoms with van der Waals surface area (Å²) >= 11 is -0.629. The maximum absolute atomic E-state index is 11.7. The third-order valence-electron chi connectivity index (χ3n) is 3.23. The Hall–Kier alpha value is -2.75. The molecule has 2 rings (SSSR count). The number of hydrogen-bond acceptors (Lipinski definition) is 6. The second kappa shape index (κ2) is 13.1. The summed E-state index contributed by atoms with van der Waals surface area (Å²) in [4.78, 5) is 23.4. The SMILES string of the molecule is C=CC=C.CC(C)(C)OC(=O)Oc1ccc([Te]c2ccc(OC(=O)OC(C)(C)C)cc2)cc1. The summed E-state index contributed by atoms with van der Waals surface area (Å²) in [6.07, 6.45) is 1.84. The van der Waals surface area contributed by atoms with Gasteiger partial charge in [0.05, 0.1) is 0 Å². The average Bonchev–Trinajstić information content (AvgIpc) is 2.68. The molecule has 7 heteroatoms. The first-order valence-corrected chi connectivity index (χ1v) is 12.6. The minimum absolute atomic E-state index is 0.441. The van der Waals surface area contributed by atoms with E-state index in [9.17, 15) is 9.59 Å². The average molecular weight is 568 g/mol. The number of rotatable bonds is 5. The molecule has 0 saturated heterocycles. The molecule has 2 aromatic rings. The van der Waals surface area contributed by atoms with Crippen LogP contribution >= 0.6 is 0 Å². The molecular formula is C26H32O6Te. The summed E-state index contributed by atoms with van der Waals surface area (Å²) in [5.41, 5.74) is -1.19. The standard InChI is InChI=1S/C22H26O6Te.C4H6/c1-21(2,3)27-19(23)25-15-7-11-17(12-8-15)29-18-13-9-16(10-14-18)26-20(24)28-22(4,5)6;1-3-4-2/h7-14H,1-6H3;3-4H,1-2H2. The molecule has 0 atom stereocenters. The van der Waals surface area contributed by atoms with Gasteiger partial charge in [-0.3, -0.25) is 0 Å². The summed E-state index contributed by atoms with van der Waals surface area (Å²) in [6, 6.07) is 14.8. The van der Waals surface area contributed by atoms with E-state index in [0.29, 0.717) is 11.5 Å². The molecular weight excluding hydrogens is 536 g/mol. The Morgan fingerprint density at radius 1 is 0.667 bits per heavy atom. The molecule has 0 saturated carbocycles. The molecule has 0 aromatic heterocycles. The van der Waals surface area contributed by atoms with E-state index in [4.69, 9.17) is 18.9 Å². The molecule has 0 aliphatic carbocycles. The van der Waals surface area contributed by atoms with Gasteiger partial charge in [-0.1, -0.05) is 25.3 Å². The Morgan fingerprint density at radius 2 is 0.970 bits per heavy atom. The van der Waals surface area contributed by atoms with Crippen molar-refractivity contribution in [1.82, 2.24) is 0 Å². The van der Waals surface area contributed by atoms with Crippen molar-refractivity contribution >= 4 is 40.5 Å². The van der Waals surface area contributed by atoms with E-state index < -0.39 is 44.4 Å². The molecule has 0 N–H and O–H groups in total. The molecule has 0 fully saturated rings. The molecule has 33 heavy (non-hydrogen) atoms. The molecule has 0 radical (unpaired) electrons. The van der Waals surface area contributed by atoms with Crippen LogP contribution in [0.3, 0.4) is 0 Å². The van der Waals surface area contributed by atoms with Gasteiger partial charge in [-0.2, -0.15) is 0 Å². The number of allylic oxidation sites excluding steroid dienone is 2. The molecule has 2 aromatic carbocycles. The van der Waals surface area contributed by atoms with Crippen molar-refractivity contribution in [3.8, 4) is 11.5 Å². The van der Waals surface area contributed by atoms with E-state index in [1.54, 1.807) is 78.0 Å². The molecule has 0 unspecified atom stereocenters. The van der Waals surface area contributed by atoms with Crippen LogP contribution in [0.15, 0.2) is 73.8 Å². The molecule has 0 aliphatic heterocycles. The van der Waals surface area contributed by atoms with E-state index in [1.807, 2.05) is 24.3 Å². The van der Waals surface area contributed by atoms with E-state index >= 15 is 0 Å². The Balaban J connectivity index is 0.00000125. The van der Waals surface area contributed by atoms with Gasteiger partial charge in [-0.05, 0) is 0 Å². The molecule has 6 nitrogen and oxygen atoms in total. The van der Waals surface area contributed by atoms with Crippen LogP contribution in [0.4, 0.5) is 9.59 Å². The minimum atomic E-state index is -0.720. The summed E-state index contributed by atoms with van der Waals surface area (Å²) < 4.78 is 23.0. The Kier molecular flexibility index (Phi) is 11.2. The number of carbonyl (C=O) groups excluding carboxylic acids is 2. The van der Waals surface area contributed by atoms with Gasteiger partial charge in [-0.25, -0.2) is 0 Å². The van der Waals surface area contributed by atoms with Crippen molar-refractivity contribution < 1.29 is 28.5 Å². The third kappa shape index (κ3) is 13.4. The molecule has 0 amide bonds. The predicted octanol–water partition coefficient (Wildman–Crippen LogP) is 5.33. The number of ether oxygens (including phenoxy) is 4. The van der Waals surface area contributed by atoms with Crippen molar-refractivity contribution in [2.45, 2.75) is 52.7 Å². The zero-order chi connectivity index (χ0) is 25.1. The van der Waals surface area contributed by atoms with Gasteiger partial charge in [0.15, 0.2) is 0 Å². The Morgan fingerprint density at radius 3 is 1.21 bits per heavy atom. The first-order valence-electron chi connectivity index (χ1n) is 10.2. The molecule has 0 spiro atoms. The van der Waals surface area contributed by atoms with Gasteiger partial charge in [0, 0.05) is 0 Å². The van der Waals surface area contributed by atoms with Crippen molar-refractivity contribution in [1.29, 1.82) is 0 Å². The maximum atomic E-state index is 11.7. The zero-order valence-electron chi connectivity index (χ0n) is 20.0. The van der Waals surface area contributed by atoms with Gasteiger partial charge < -0.3 is 0 Å². The van der Waals surface area contributed by atoms with Crippen LogP contribution in [-0.2, 0) is 9.47 Å². The summed E-state index contributed by atoms with van der Waals surface area (Å²) in [7, 11) is 0. The normalized spacial score (nSPS) is 10.7. The van der Waals surface area contributed by atoms with E-state index in [-0.39, 0.29) is 0 Å². The second-order valence-electron chi connectivity index (χ2n) is 8.65. The fraction of sp³-hybridized carbons (Fsp3) is 0.308. The predicted molar refractivity (Wildman–Crippen MR) is 132 cm³/mol. The van der Waals surface area contributed by atoms with Crippen LogP contribution in [-0.4, -0.2) is 44.4 Å². The monoisotopic (exact) mass is 570 g/mol. The topological polar surface area (TPSA) is 71.1 Å². The fourth-order valence-corrected chi connectivity index (χ4v) is 4.35. The van der Waals surface area contributed by atoms with Crippen molar-refractivity contribution in [3.63, 3.8) is 0 Å². The van der Waals surface area contributed by atoms with Crippen molar-refractivity contribution in [2.75, 3.05) is 0 Å². The van der Waals surface area contributed by atoms with Crippen LogP contribution in [0.5, 0.6) is 11.5 Å². The van der Waals surface area contributed by atoms with E-state index in [2.05, 4.69) is 13.2 Å². The summed E-state index contributed by atoms with van der Waals surface area (Å²) in [5.74, 6) is 0.883. The van der Waals surface area contributed by atoms with Crippen LogP contribution < -0.4 is 16.7 Å². The van der Waals surface area contributed by atoms with Crippen LogP contribution in [0.1, 0.15) is 41.5 Å². The summed E-state index contributed by atoms with van der Waals surface area (Å²) in [6.45, 7) is 17.4. The van der Waals surface area contributed by atoms with E-state index in [0.717, 1.165) is 0 Å². The molecule has 0 heterocycles. The van der Waals surface area contributed by atoms with Gasteiger partial charge in [0.2, 0.25) is 0 Å². The molecule has 178 valence electrons. The second-order valence-corrected chi connectivity index (χ2v) is 11.9. The van der Waals surface area contributed by atoms with Gasteiger partial charge in [0.25, 0.3) is 0 Å². The van der Waals surface area contributed by atoms with Gasteiger partial charge in [-0.15, -0.1) is 0 Å². The van der Waals surface area contributed by atoms with Crippen molar-refractivity contribution in [2.24, 2.45) is 0 Å². The Bertz CT molecular complexity index is 842. The number of hydrogen-bond donors (Lipinski definition) is 0. The molecule has 0 bridgehead atoms. The van der Waals surface area contributed by atoms with Crippen LogP contribution in [0, 0.1) is 0 Å². The third-order valence-corrected chi connectivity index (χ3v) is 6.13. The Labute approximate surface area is 206 Å². The first kappa shape index (κ1) is 28.3. The zero-order valence-corrected chi connectivity index (χ0v) is 22.4. The summed E-state index contributed by atoms with van der Waals surface area (Å²) in [5, 5.41) is 0. The van der Waals surface area contributed by atoms with Crippen LogP contribution in [0.25, 0.3) is 0 Å². The van der Waals surface area contributed by atoms with Crippen LogP contribution in [0.2, 0.25) is 0 Å². The van der Waals surface area contributed by atoms with E-state index in [1.165, 1.54) is 7.22 Å². The number of carbonyl (C=O) groups is 2. The van der Waals surface area contributed by atoms with Gasteiger partial charge in [0.1, 0.15) is 0 Å². The first-order chi connectivity index (χ1) is 15.3.